The maximum absolute atomic E-state index is 11.8. The van der Waals surface area contributed by atoms with Gasteiger partial charge in [-0.1, -0.05) is 18.2 Å². The van der Waals surface area contributed by atoms with Crippen LogP contribution < -0.4 is 15.5 Å². The number of hydrogen-bond acceptors (Lipinski definition) is 3. The van der Waals surface area contributed by atoms with Gasteiger partial charge < -0.3 is 15.5 Å². The molecule has 0 bridgehead atoms. The molecule has 1 aliphatic heterocycles. The Morgan fingerprint density at radius 2 is 2.00 bits per heavy atom. The van der Waals surface area contributed by atoms with Crippen LogP contribution in [0.4, 0.5) is 5.69 Å². The van der Waals surface area contributed by atoms with Crippen LogP contribution in [0.1, 0.15) is 32.1 Å². The first-order valence-electron chi connectivity index (χ1n) is 8.02. The number of rotatable bonds is 8. The highest BCUT2D eigenvalue weighted by Crippen LogP contribution is 2.11. The van der Waals surface area contributed by atoms with Gasteiger partial charge in [0.15, 0.2) is 0 Å². The van der Waals surface area contributed by atoms with E-state index in [9.17, 15) is 4.79 Å². The number of para-hydroxylation sites is 1. The molecule has 1 aromatic carbocycles. The highest BCUT2D eigenvalue weighted by Gasteiger charge is 2.16. The Bertz CT molecular complexity index is 425. The Labute approximate surface area is 152 Å². The number of amides is 1. The van der Waals surface area contributed by atoms with Crippen molar-refractivity contribution in [2.45, 2.75) is 38.1 Å². The zero-order valence-electron chi connectivity index (χ0n) is 13.8. The summed E-state index contributed by atoms with van der Waals surface area (Å²) in [7, 11) is 2.11. The zero-order chi connectivity index (χ0) is 14.9. The second-order valence-electron chi connectivity index (χ2n) is 5.81. The van der Waals surface area contributed by atoms with E-state index in [-0.39, 0.29) is 30.7 Å². The third-order valence-corrected chi connectivity index (χ3v) is 4.03. The summed E-state index contributed by atoms with van der Waals surface area (Å²) in [5.74, 6) is 0.186. The van der Waals surface area contributed by atoms with Crippen LogP contribution >= 0.6 is 24.8 Å². The number of benzene rings is 1. The van der Waals surface area contributed by atoms with Crippen LogP contribution in [0.2, 0.25) is 0 Å². The van der Waals surface area contributed by atoms with Crippen LogP contribution in [-0.4, -0.2) is 38.6 Å². The molecule has 0 aromatic heterocycles. The Morgan fingerprint density at radius 3 is 2.65 bits per heavy atom. The molecule has 1 unspecified atom stereocenters. The van der Waals surface area contributed by atoms with Gasteiger partial charge in [0.1, 0.15) is 0 Å². The van der Waals surface area contributed by atoms with Gasteiger partial charge in [-0.3, -0.25) is 4.79 Å². The van der Waals surface area contributed by atoms with Crippen LogP contribution in [-0.2, 0) is 4.79 Å². The van der Waals surface area contributed by atoms with Crippen molar-refractivity contribution in [2.24, 2.45) is 0 Å². The maximum Gasteiger partial charge on any atom is 0.221 e. The number of anilines is 1. The maximum atomic E-state index is 11.8. The van der Waals surface area contributed by atoms with E-state index in [4.69, 9.17) is 0 Å². The molecule has 6 heteroatoms. The van der Waals surface area contributed by atoms with E-state index in [1.54, 1.807) is 0 Å². The Balaban J connectivity index is 0.00000242. The number of halogens is 2. The SMILES string of the molecule is CN(CCCCNC(=O)CC1CCCN1)c1ccccc1.Cl.Cl. The van der Waals surface area contributed by atoms with Gasteiger partial charge >= 0.3 is 0 Å². The summed E-state index contributed by atoms with van der Waals surface area (Å²) in [6, 6.07) is 10.8. The van der Waals surface area contributed by atoms with Crippen LogP contribution in [0.3, 0.4) is 0 Å². The molecule has 1 saturated heterocycles. The van der Waals surface area contributed by atoms with E-state index in [0.717, 1.165) is 38.9 Å². The molecular formula is C17H29Cl2N3O. The van der Waals surface area contributed by atoms with Gasteiger partial charge in [-0.05, 0) is 44.4 Å². The fourth-order valence-electron chi connectivity index (χ4n) is 2.74. The first-order valence-corrected chi connectivity index (χ1v) is 8.02. The van der Waals surface area contributed by atoms with E-state index < -0.39 is 0 Å². The number of carbonyl (C=O) groups is 1. The molecule has 132 valence electrons. The van der Waals surface area contributed by atoms with Crippen LogP contribution in [0, 0.1) is 0 Å². The average Bonchev–Trinajstić information content (AvgIpc) is 3.00. The third-order valence-electron chi connectivity index (χ3n) is 4.03. The Morgan fingerprint density at radius 1 is 1.26 bits per heavy atom. The molecule has 0 saturated carbocycles. The van der Waals surface area contributed by atoms with Crippen LogP contribution in [0.15, 0.2) is 30.3 Å². The van der Waals surface area contributed by atoms with E-state index >= 15 is 0 Å². The number of unbranched alkanes of at least 4 members (excludes halogenated alkanes) is 1. The molecule has 0 aliphatic carbocycles. The lowest BCUT2D eigenvalue weighted by Gasteiger charge is -2.19. The van der Waals surface area contributed by atoms with Crippen molar-refractivity contribution in [1.82, 2.24) is 10.6 Å². The largest absolute Gasteiger partial charge is 0.375 e. The summed E-state index contributed by atoms with van der Waals surface area (Å²) in [6.07, 6.45) is 5.08. The fraction of sp³-hybridized carbons (Fsp3) is 0.588. The van der Waals surface area contributed by atoms with Crippen molar-refractivity contribution in [3.63, 3.8) is 0 Å². The molecule has 0 radical (unpaired) electrons. The topological polar surface area (TPSA) is 44.4 Å². The molecule has 1 aromatic rings. The van der Waals surface area contributed by atoms with Crippen molar-refractivity contribution in [1.29, 1.82) is 0 Å². The molecule has 1 aliphatic rings. The fourth-order valence-corrected chi connectivity index (χ4v) is 2.74. The second-order valence-corrected chi connectivity index (χ2v) is 5.81. The molecule has 2 rings (SSSR count). The summed E-state index contributed by atoms with van der Waals surface area (Å²) in [4.78, 5) is 14.0. The van der Waals surface area contributed by atoms with Crippen LogP contribution in [0.5, 0.6) is 0 Å². The summed E-state index contributed by atoms with van der Waals surface area (Å²) in [5.41, 5.74) is 1.24. The van der Waals surface area contributed by atoms with E-state index in [0.29, 0.717) is 12.5 Å². The number of nitrogens with one attached hydrogen (secondary N) is 2. The number of nitrogens with zero attached hydrogens (tertiary/aromatic N) is 1. The van der Waals surface area contributed by atoms with Crippen molar-refractivity contribution in [3.8, 4) is 0 Å². The molecular weight excluding hydrogens is 333 g/mol. The van der Waals surface area contributed by atoms with Crippen molar-refractivity contribution in [3.05, 3.63) is 30.3 Å². The van der Waals surface area contributed by atoms with E-state index in [1.165, 1.54) is 12.1 Å². The van der Waals surface area contributed by atoms with Gasteiger partial charge in [0.25, 0.3) is 0 Å². The number of carbonyl (C=O) groups excluding carboxylic acids is 1. The van der Waals surface area contributed by atoms with Gasteiger partial charge in [-0.15, -0.1) is 24.8 Å². The minimum absolute atomic E-state index is 0. The molecule has 1 atom stereocenters. The first kappa shape index (κ1) is 22.0. The van der Waals surface area contributed by atoms with Crippen molar-refractivity contribution < 1.29 is 4.79 Å². The summed E-state index contributed by atoms with van der Waals surface area (Å²) >= 11 is 0. The molecule has 1 amide bonds. The minimum Gasteiger partial charge on any atom is -0.375 e. The summed E-state index contributed by atoms with van der Waals surface area (Å²) in [6.45, 7) is 2.86. The molecule has 4 nitrogen and oxygen atoms in total. The Kier molecular flexibility index (Phi) is 11.9. The first-order chi connectivity index (χ1) is 10.3. The van der Waals surface area contributed by atoms with Gasteiger partial charge in [0, 0.05) is 38.3 Å². The summed E-state index contributed by atoms with van der Waals surface area (Å²) in [5, 5.41) is 6.38. The molecule has 0 spiro atoms. The minimum atomic E-state index is 0. The lowest BCUT2D eigenvalue weighted by atomic mass is 10.1. The predicted molar refractivity (Wildman–Crippen MR) is 102 cm³/mol. The highest BCUT2D eigenvalue weighted by atomic mass is 35.5. The van der Waals surface area contributed by atoms with Gasteiger partial charge in [-0.2, -0.15) is 0 Å². The van der Waals surface area contributed by atoms with Gasteiger partial charge in [-0.25, -0.2) is 0 Å². The zero-order valence-corrected chi connectivity index (χ0v) is 15.4. The lowest BCUT2D eigenvalue weighted by molar-refractivity contribution is -0.121. The van der Waals surface area contributed by atoms with Crippen molar-refractivity contribution in [2.75, 3.05) is 31.6 Å². The molecule has 23 heavy (non-hydrogen) atoms. The molecule has 2 N–H and O–H groups in total. The molecule has 1 heterocycles. The lowest BCUT2D eigenvalue weighted by Crippen LogP contribution is -2.32. The van der Waals surface area contributed by atoms with Crippen LogP contribution in [0.25, 0.3) is 0 Å². The molecule has 1 fully saturated rings. The normalized spacial score (nSPS) is 16.1. The predicted octanol–water partition coefficient (Wildman–Crippen LogP) is 3.00. The van der Waals surface area contributed by atoms with Crippen molar-refractivity contribution >= 4 is 36.4 Å². The second kappa shape index (κ2) is 12.5. The summed E-state index contributed by atoms with van der Waals surface area (Å²) < 4.78 is 0. The standard InChI is InChI=1S/C17H27N3O.2ClH/c1-20(16-9-3-2-4-10-16)13-6-5-11-19-17(21)14-15-8-7-12-18-15;;/h2-4,9-10,15,18H,5-8,11-14H2,1H3,(H,19,21);2*1H. The average molecular weight is 362 g/mol. The number of hydrogen-bond donors (Lipinski definition) is 2. The smallest absolute Gasteiger partial charge is 0.221 e. The highest BCUT2D eigenvalue weighted by molar-refractivity contribution is 5.85. The third kappa shape index (κ3) is 8.45. The van der Waals surface area contributed by atoms with Gasteiger partial charge in [0.2, 0.25) is 5.91 Å². The van der Waals surface area contributed by atoms with E-state index in [1.807, 2.05) is 6.07 Å². The quantitative estimate of drug-likeness (QED) is 0.699. The van der Waals surface area contributed by atoms with Gasteiger partial charge in [0.05, 0.1) is 0 Å². The monoisotopic (exact) mass is 361 g/mol. The Hall–Kier alpha value is -0.970. The van der Waals surface area contributed by atoms with E-state index in [2.05, 4.69) is 46.8 Å².